The molecule has 1 fully saturated rings. The van der Waals surface area contributed by atoms with Gasteiger partial charge in [0.05, 0.1) is 13.2 Å². The van der Waals surface area contributed by atoms with E-state index in [0.717, 1.165) is 58.3 Å². The summed E-state index contributed by atoms with van der Waals surface area (Å²) in [6, 6.07) is 17.3. The van der Waals surface area contributed by atoms with Gasteiger partial charge in [-0.1, -0.05) is 42.5 Å². The van der Waals surface area contributed by atoms with Crippen LogP contribution in [-0.4, -0.2) is 50.8 Å². The average molecular weight is 492 g/mol. The number of nitrogens with zero attached hydrogens (tertiary/aromatic N) is 3. The Balaban J connectivity index is 0.00000225. The van der Waals surface area contributed by atoms with Crippen molar-refractivity contribution in [3.05, 3.63) is 65.2 Å². The van der Waals surface area contributed by atoms with Crippen LogP contribution in [0.25, 0.3) is 0 Å². The van der Waals surface area contributed by atoms with Crippen LogP contribution in [0.1, 0.15) is 16.7 Å². The Morgan fingerprint density at radius 3 is 2.50 bits per heavy atom. The van der Waals surface area contributed by atoms with E-state index in [-0.39, 0.29) is 24.0 Å². The number of morpholine rings is 1. The molecular weight excluding hydrogens is 463 g/mol. The van der Waals surface area contributed by atoms with E-state index in [9.17, 15) is 0 Å². The molecule has 2 aliphatic rings. The molecule has 0 atom stereocenters. The number of hydrogen-bond donors (Lipinski definition) is 1. The first-order valence-electron chi connectivity index (χ1n) is 9.78. The number of guanidine groups is 1. The SMILES string of the molecule is CN=C(NCc1ccccc1CN1CCOCC1)N1CCc2ccccc21.I. The van der Waals surface area contributed by atoms with E-state index in [1.165, 1.54) is 22.4 Å². The van der Waals surface area contributed by atoms with Crippen LogP contribution >= 0.6 is 24.0 Å². The van der Waals surface area contributed by atoms with Crippen molar-refractivity contribution in [2.24, 2.45) is 4.99 Å². The molecule has 2 aromatic carbocycles. The minimum absolute atomic E-state index is 0. The van der Waals surface area contributed by atoms with Gasteiger partial charge >= 0.3 is 0 Å². The van der Waals surface area contributed by atoms with Gasteiger partial charge in [0.15, 0.2) is 5.96 Å². The second kappa shape index (κ2) is 10.2. The van der Waals surface area contributed by atoms with Crippen LogP contribution in [0.2, 0.25) is 0 Å². The highest BCUT2D eigenvalue weighted by molar-refractivity contribution is 14.0. The second-order valence-corrected chi connectivity index (χ2v) is 7.09. The van der Waals surface area contributed by atoms with Crippen molar-refractivity contribution in [3.63, 3.8) is 0 Å². The molecule has 2 aromatic rings. The van der Waals surface area contributed by atoms with Gasteiger partial charge in [0.2, 0.25) is 0 Å². The van der Waals surface area contributed by atoms with Crippen LogP contribution in [0.15, 0.2) is 53.5 Å². The van der Waals surface area contributed by atoms with E-state index >= 15 is 0 Å². The molecule has 4 rings (SSSR count). The fraction of sp³-hybridized carbons (Fsp3) is 0.409. The standard InChI is InChI=1S/C22H28N4O.HI/c1-23-22(26-11-10-18-6-4-5-9-21(18)26)24-16-19-7-2-3-8-20(19)17-25-12-14-27-15-13-25;/h2-9H,10-17H2,1H3,(H,23,24);1H. The van der Waals surface area contributed by atoms with Gasteiger partial charge in [-0.05, 0) is 29.2 Å². The molecule has 0 aromatic heterocycles. The maximum absolute atomic E-state index is 5.47. The number of rotatable bonds is 4. The van der Waals surface area contributed by atoms with E-state index < -0.39 is 0 Å². The molecule has 0 spiro atoms. The molecule has 150 valence electrons. The van der Waals surface area contributed by atoms with Crippen LogP contribution in [-0.2, 0) is 24.2 Å². The number of ether oxygens (including phenoxy) is 1. The van der Waals surface area contributed by atoms with Gasteiger partial charge in [-0.25, -0.2) is 0 Å². The van der Waals surface area contributed by atoms with Gasteiger partial charge in [0.1, 0.15) is 0 Å². The van der Waals surface area contributed by atoms with Crippen molar-refractivity contribution in [1.82, 2.24) is 10.2 Å². The molecule has 0 amide bonds. The molecule has 0 unspecified atom stereocenters. The zero-order valence-corrected chi connectivity index (χ0v) is 18.8. The summed E-state index contributed by atoms with van der Waals surface area (Å²) in [4.78, 5) is 9.29. The van der Waals surface area contributed by atoms with Gasteiger partial charge in [-0.3, -0.25) is 9.89 Å². The van der Waals surface area contributed by atoms with Gasteiger partial charge in [0, 0.05) is 45.5 Å². The van der Waals surface area contributed by atoms with E-state index in [1.807, 2.05) is 7.05 Å². The third-order valence-corrected chi connectivity index (χ3v) is 5.41. The topological polar surface area (TPSA) is 40.1 Å². The third-order valence-electron chi connectivity index (χ3n) is 5.41. The summed E-state index contributed by atoms with van der Waals surface area (Å²) >= 11 is 0. The molecule has 1 N–H and O–H groups in total. The number of para-hydroxylation sites is 1. The Morgan fingerprint density at radius 1 is 1.00 bits per heavy atom. The number of aliphatic imine (C=N–C) groups is 1. The van der Waals surface area contributed by atoms with E-state index in [2.05, 4.69) is 68.6 Å². The number of anilines is 1. The van der Waals surface area contributed by atoms with E-state index in [1.54, 1.807) is 0 Å². The summed E-state index contributed by atoms with van der Waals surface area (Å²) in [5, 5.41) is 3.58. The van der Waals surface area contributed by atoms with E-state index in [0.29, 0.717) is 0 Å². The Bertz CT molecular complexity index is 805. The molecule has 0 saturated carbocycles. The lowest BCUT2D eigenvalue weighted by Gasteiger charge is -2.28. The molecule has 1 saturated heterocycles. The lowest BCUT2D eigenvalue weighted by Crippen LogP contribution is -2.40. The molecule has 0 radical (unpaired) electrons. The monoisotopic (exact) mass is 492 g/mol. The summed E-state index contributed by atoms with van der Waals surface area (Å²) in [5.74, 6) is 0.945. The summed E-state index contributed by atoms with van der Waals surface area (Å²) in [5.41, 5.74) is 5.38. The number of benzene rings is 2. The minimum atomic E-state index is 0. The number of hydrogen-bond acceptors (Lipinski definition) is 3. The molecule has 5 nitrogen and oxygen atoms in total. The predicted octanol–water partition coefficient (Wildman–Crippen LogP) is 3.27. The first kappa shape index (κ1) is 21.1. The second-order valence-electron chi connectivity index (χ2n) is 7.09. The fourth-order valence-corrected chi connectivity index (χ4v) is 3.91. The van der Waals surface area contributed by atoms with Gasteiger partial charge in [0.25, 0.3) is 0 Å². The fourth-order valence-electron chi connectivity index (χ4n) is 3.91. The molecule has 2 aliphatic heterocycles. The molecule has 0 aliphatic carbocycles. The Labute approximate surface area is 184 Å². The number of halogens is 1. The van der Waals surface area contributed by atoms with Crippen LogP contribution < -0.4 is 10.2 Å². The molecule has 0 bridgehead atoms. The van der Waals surface area contributed by atoms with Crippen molar-refractivity contribution in [3.8, 4) is 0 Å². The lowest BCUT2D eigenvalue weighted by molar-refractivity contribution is 0.0341. The smallest absolute Gasteiger partial charge is 0.198 e. The summed E-state index contributed by atoms with van der Waals surface area (Å²) in [6.07, 6.45) is 1.07. The largest absolute Gasteiger partial charge is 0.379 e. The lowest BCUT2D eigenvalue weighted by atomic mass is 10.1. The zero-order valence-electron chi connectivity index (χ0n) is 16.4. The first-order chi connectivity index (χ1) is 13.3. The van der Waals surface area contributed by atoms with Crippen molar-refractivity contribution < 1.29 is 4.74 Å². The van der Waals surface area contributed by atoms with Gasteiger partial charge < -0.3 is 15.0 Å². The first-order valence-corrected chi connectivity index (χ1v) is 9.78. The van der Waals surface area contributed by atoms with Crippen molar-refractivity contribution >= 4 is 35.6 Å². The minimum Gasteiger partial charge on any atom is -0.379 e. The maximum atomic E-state index is 5.47. The zero-order chi connectivity index (χ0) is 18.5. The highest BCUT2D eigenvalue weighted by Crippen LogP contribution is 2.27. The van der Waals surface area contributed by atoms with E-state index in [4.69, 9.17) is 4.74 Å². The van der Waals surface area contributed by atoms with Crippen LogP contribution in [0.5, 0.6) is 0 Å². The van der Waals surface area contributed by atoms with Crippen LogP contribution in [0.3, 0.4) is 0 Å². The Kier molecular flexibility index (Phi) is 7.70. The molecule has 28 heavy (non-hydrogen) atoms. The Morgan fingerprint density at radius 2 is 1.71 bits per heavy atom. The van der Waals surface area contributed by atoms with Gasteiger partial charge in [-0.2, -0.15) is 0 Å². The summed E-state index contributed by atoms with van der Waals surface area (Å²) in [7, 11) is 1.86. The molecule has 6 heteroatoms. The number of fused-ring (bicyclic) bond motifs is 1. The number of nitrogens with one attached hydrogen (secondary N) is 1. The highest BCUT2D eigenvalue weighted by Gasteiger charge is 2.22. The third kappa shape index (κ3) is 4.85. The Hall–Kier alpha value is -1.64. The predicted molar refractivity (Wildman–Crippen MR) is 126 cm³/mol. The highest BCUT2D eigenvalue weighted by atomic mass is 127. The van der Waals surface area contributed by atoms with Crippen molar-refractivity contribution in [2.75, 3.05) is 44.8 Å². The summed E-state index contributed by atoms with van der Waals surface area (Å²) in [6.45, 7) is 6.43. The quantitative estimate of drug-likeness (QED) is 0.404. The van der Waals surface area contributed by atoms with Crippen molar-refractivity contribution in [2.45, 2.75) is 19.5 Å². The van der Waals surface area contributed by atoms with Crippen LogP contribution in [0.4, 0.5) is 5.69 Å². The maximum Gasteiger partial charge on any atom is 0.198 e. The van der Waals surface area contributed by atoms with Gasteiger partial charge in [-0.15, -0.1) is 24.0 Å². The normalized spacial score (nSPS) is 17.2. The molecule has 2 heterocycles. The van der Waals surface area contributed by atoms with Crippen LogP contribution in [0, 0.1) is 0 Å². The average Bonchev–Trinajstić information content (AvgIpc) is 3.15. The van der Waals surface area contributed by atoms with Crippen molar-refractivity contribution in [1.29, 1.82) is 0 Å². The molecular formula is C22H29IN4O. The summed E-state index contributed by atoms with van der Waals surface area (Å²) < 4.78 is 5.47.